The number of piperidine rings is 3. The smallest absolute Gasteiger partial charge is 0.0767 e. The predicted octanol–water partition coefficient (Wildman–Crippen LogP) is 4.53. The molecule has 2 atom stereocenters. The zero-order chi connectivity index (χ0) is 17.2. The van der Waals surface area contributed by atoms with Crippen molar-refractivity contribution in [3.8, 4) is 0 Å². The third kappa shape index (κ3) is 3.80. The molecule has 3 saturated heterocycles. The first kappa shape index (κ1) is 16.8. The summed E-state index contributed by atoms with van der Waals surface area (Å²) in [6.07, 6.45) is 4.06. The van der Waals surface area contributed by atoms with Crippen molar-refractivity contribution in [2.45, 2.75) is 51.9 Å². The van der Waals surface area contributed by atoms with Crippen molar-refractivity contribution in [1.29, 1.82) is 0 Å². The number of fused-ring (bicyclic) bond motifs is 3. The van der Waals surface area contributed by atoms with Crippen LogP contribution in [0.2, 0.25) is 0 Å². The molecule has 2 heteroatoms. The van der Waals surface area contributed by atoms with Gasteiger partial charge in [-0.1, -0.05) is 59.7 Å². The first-order chi connectivity index (χ1) is 12.2. The molecule has 2 nitrogen and oxygen atoms in total. The zero-order valence-corrected chi connectivity index (χ0v) is 15.4. The van der Waals surface area contributed by atoms with Crippen LogP contribution in [0.15, 0.2) is 48.5 Å². The second kappa shape index (κ2) is 7.31. The lowest BCUT2D eigenvalue weighted by Gasteiger charge is -2.50. The fraction of sp³-hybridized carbons (Fsp3) is 0.478. The van der Waals surface area contributed by atoms with Gasteiger partial charge in [-0.05, 0) is 63.2 Å². The van der Waals surface area contributed by atoms with Gasteiger partial charge in [0, 0.05) is 6.04 Å². The van der Waals surface area contributed by atoms with Gasteiger partial charge in [0.15, 0.2) is 0 Å². The molecule has 2 aromatic carbocycles. The summed E-state index contributed by atoms with van der Waals surface area (Å²) in [6, 6.07) is 18.2. The lowest BCUT2D eigenvalue weighted by Crippen LogP contribution is -2.59. The Morgan fingerprint density at radius 1 is 0.920 bits per heavy atom. The number of rotatable bonds is 5. The molecule has 3 heterocycles. The van der Waals surface area contributed by atoms with E-state index in [-0.39, 0.29) is 0 Å². The Hall–Kier alpha value is -1.64. The lowest BCUT2D eigenvalue weighted by molar-refractivity contribution is -0.115. The van der Waals surface area contributed by atoms with Crippen LogP contribution in [0.1, 0.15) is 35.1 Å². The standard InChI is InChI=1S/C23H29NO/c1-17-12-18(2)14-20(13-17)16-25-23-21-8-10-24(11-9-21)22(23)15-19-6-4-3-5-7-19/h3-7,12-14,21-23H,8-11,15-16H2,1-2H3/t22-,23-/m0/s1. The largest absolute Gasteiger partial charge is 0.372 e. The van der Waals surface area contributed by atoms with Gasteiger partial charge < -0.3 is 4.74 Å². The molecule has 132 valence electrons. The second-order valence-electron chi connectivity index (χ2n) is 7.90. The quantitative estimate of drug-likeness (QED) is 0.796. The van der Waals surface area contributed by atoms with Gasteiger partial charge in [-0.15, -0.1) is 0 Å². The minimum atomic E-state index is 0.364. The molecular weight excluding hydrogens is 306 g/mol. The summed E-state index contributed by atoms with van der Waals surface area (Å²) in [6.45, 7) is 7.56. The normalized spacial score (nSPS) is 28.2. The Kier molecular flexibility index (Phi) is 4.91. The minimum Gasteiger partial charge on any atom is -0.372 e. The average Bonchev–Trinajstić information content (AvgIpc) is 2.62. The first-order valence-corrected chi connectivity index (χ1v) is 9.66. The van der Waals surface area contributed by atoms with E-state index in [1.54, 1.807) is 0 Å². The summed E-state index contributed by atoms with van der Waals surface area (Å²) in [5, 5.41) is 0. The maximum absolute atomic E-state index is 6.56. The molecule has 3 fully saturated rings. The minimum absolute atomic E-state index is 0.364. The fourth-order valence-electron chi connectivity index (χ4n) is 4.79. The number of aryl methyl sites for hydroxylation is 2. The maximum Gasteiger partial charge on any atom is 0.0767 e. The van der Waals surface area contributed by atoms with E-state index in [0.29, 0.717) is 12.1 Å². The number of ether oxygens (including phenoxy) is 1. The fourth-order valence-corrected chi connectivity index (χ4v) is 4.79. The molecule has 0 radical (unpaired) electrons. The van der Waals surface area contributed by atoms with Crippen LogP contribution in [-0.2, 0) is 17.8 Å². The molecule has 0 unspecified atom stereocenters. The van der Waals surface area contributed by atoms with E-state index < -0.39 is 0 Å². The van der Waals surface area contributed by atoms with Crippen molar-refractivity contribution in [3.05, 3.63) is 70.8 Å². The number of hydrogen-bond acceptors (Lipinski definition) is 2. The van der Waals surface area contributed by atoms with Crippen LogP contribution in [0.5, 0.6) is 0 Å². The van der Waals surface area contributed by atoms with Crippen molar-refractivity contribution in [1.82, 2.24) is 4.90 Å². The summed E-state index contributed by atoms with van der Waals surface area (Å²) in [4.78, 5) is 2.67. The topological polar surface area (TPSA) is 12.5 Å². The molecule has 0 N–H and O–H groups in total. The molecule has 0 spiro atoms. The monoisotopic (exact) mass is 335 g/mol. The van der Waals surface area contributed by atoms with Crippen LogP contribution in [0.4, 0.5) is 0 Å². The number of benzene rings is 2. The Morgan fingerprint density at radius 2 is 1.60 bits per heavy atom. The van der Waals surface area contributed by atoms with Gasteiger partial charge in [-0.25, -0.2) is 0 Å². The summed E-state index contributed by atoms with van der Waals surface area (Å²) in [7, 11) is 0. The molecule has 3 aliphatic heterocycles. The van der Waals surface area contributed by atoms with Crippen LogP contribution in [0.25, 0.3) is 0 Å². The van der Waals surface area contributed by atoms with Gasteiger partial charge in [0.25, 0.3) is 0 Å². The van der Waals surface area contributed by atoms with Crippen molar-refractivity contribution in [3.63, 3.8) is 0 Å². The van der Waals surface area contributed by atoms with Crippen LogP contribution in [0.3, 0.4) is 0 Å². The summed E-state index contributed by atoms with van der Waals surface area (Å²) >= 11 is 0. The van der Waals surface area contributed by atoms with E-state index in [1.807, 2.05) is 0 Å². The van der Waals surface area contributed by atoms with Gasteiger partial charge in [0.2, 0.25) is 0 Å². The Bertz CT molecular complexity index is 683. The van der Waals surface area contributed by atoms with Crippen molar-refractivity contribution in [2.24, 2.45) is 5.92 Å². The molecule has 0 amide bonds. The summed E-state index contributed by atoms with van der Waals surface area (Å²) in [5.41, 5.74) is 5.40. The molecule has 0 aromatic heterocycles. The van der Waals surface area contributed by atoms with Crippen molar-refractivity contribution in [2.75, 3.05) is 13.1 Å². The highest BCUT2D eigenvalue weighted by Crippen LogP contribution is 2.36. The molecule has 2 aromatic rings. The summed E-state index contributed by atoms with van der Waals surface area (Å²) in [5.74, 6) is 0.726. The highest BCUT2D eigenvalue weighted by Gasteiger charge is 2.42. The Morgan fingerprint density at radius 3 is 2.28 bits per heavy atom. The van der Waals surface area contributed by atoms with Crippen LogP contribution >= 0.6 is 0 Å². The first-order valence-electron chi connectivity index (χ1n) is 9.66. The van der Waals surface area contributed by atoms with E-state index in [1.165, 1.54) is 48.2 Å². The molecule has 2 bridgehead atoms. The Labute approximate surface area is 151 Å². The van der Waals surface area contributed by atoms with Crippen molar-refractivity contribution >= 4 is 0 Å². The van der Waals surface area contributed by atoms with Gasteiger partial charge in [0.1, 0.15) is 0 Å². The van der Waals surface area contributed by atoms with E-state index in [0.717, 1.165) is 18.9 Å². The second-order valence-corrected chi connectivity index (χ2v) is 7.90. The lowest BCUT2D eigenvalue weighted by atomic mass is 9.78. The van der Waals surface area contributed by atoms with Gasteiger partial charge >= 0.3 is 0 Å². The third-order valence-electron chi connectivity index (χ3n) is 5.90. The molecule has 0 saturated carbocycles. The molecule has 5 rings (SSSR count). The number of nitrogens with zero attached hydrogens (tertiary/aromatic N) is 1. The third-order valence-corrected chi connectivity index (χ3v) is 5.90. The van der Waals surface area contributed by atoms with Gasteiger partial charge in [-0.3, -0.25) is 4.90 Å². The van der Waals surface area contributed by atoms with E-state index in [4.69, 9.17) is 4.74 Å². The molecular formula is C23H29NO. The SMILES string of the molecule is Cc1cc(C)cc(CO[C@H]2C3CCN(CC3)[C@H]2Cc2ccccc2)c1. The molecule has 3 aliphatic rings. The highest BCUT2D eigenvalue weighted by atomic mass is 16.5. The van der Waals surface area contributed by atoms with E-state index in [2.05, 4.69) is 67.3 Å². The summed E-state index contributed by atoms with van der Waals surface area (Å²) < 4.78 is 6.56. The molecule has 25 heavy (non-hydrogen) atoms. The average molecular weight is 335 g/mol. The van der Waals surface area contributed by atoms with Crippen molar-refractivity contribution < 1.29 is 4.74 Å². The van der Waals surface area contributed by atoms with Gasteiger partial charge in [-0.2, -0.15) is 0 Å². The van der Waals surface area contributed by atoms with Crippen LogP contribution < -0.4 is 0 Å². The predicted molar refractivity (Wildman–Crippen MR) is 103 cm³/mol. The van der Waals surface area contributed by atoms with E-state index >= 15 is 0 Å². The van der Waals surface area contributed by atoms with Crippen LogP contribution in [-0.4, -0.2) is 30.1 Å². The molecule has 0 aliphatic carbocycles. The highest BCUT2D eigenvalue weighted by molar-refractivity contribution is 5.28. The zero-order valence-electron chi connectivity index (χ0n) is 15.4. The maximum atomic E-state index is 6.56. The number of hydrogen-bond donors (Lipinski definition) is 0. The van der Waals surface area contributed by atoms with E-state index in [9.17, 15) is 0 Å². The Balaban J connectivity index is 1.49. The van der Waals surface area contributed by atoms with Gasteiger partial charge in [0.05, 0.1) is 12.7 Å². The van der Waals surface area contributed by atoms with Crippen LogP contribution in [0, 0.1) is 19.8 Å².